The van der Waals surface area contributed by atoms with E-state index in [0.29, 0.717) is 11.1 Å². The van der Waals surface area contributed by atoms with Crippen LogP contribution in [0.5, 0.6) is 0 Å². The lowest BCUT2D eigenvalue weighted by atomic mass is 10.1. The van der Waals surface area contributed by atoms with E-state index in [1.807, 2.05) is 0 Å². The van der Waals surface area contributed by atoms with E-state index in [4.69, 9.17) is 5.11 Å². The second-order valence-electron chi connectivity index (χ2n) is 4.90. The van der Waals surface area contributed by atoms with Crippen molar-refractivity contribution in [2.24, 2.45) is 0 Å². The molecule has 0 heterocycles. The van der Waals surface area contributed by atoms with Gasteiger partial charge in [-0.25, -0.2) is 4.39 Å². The van der Waals surface area contributed by atoms with Crippen molar-refractivity contribution in [1.82, 2.24) is 4.90 Å². The van der Waals surface area contributed by atoms with Crippen molar-refractivity contribution in [2.75, 3.05) is 6.54 Å². The number of aliphatic carboxylic acids is 1. The van der Waals surface area contributed by atoms with Crippen LogP contribution in [0.15, 0.2) is 30.3 Å². The van der Waals surface area contributed by atoms with E-state index in [-0.39, 0.29) is 18.5 Å². The average molecular weight is 277 g/mol. The first-order valence-electron chi connectivity index (χ1n) is 6.44. The van der Waals surface area contributed by atoms with Crippen molar-refractivity contribution in [1.29, 1.82) is 0 Å². The Kier molecular flexibility index (Phi) is 4.17. The number of hydrogen-bond acceptors (Lipinski definition) is 2. The van der Waals surface area contributed by atoms with Crippen molar-refractivity contribution in [3.8, 4) is 0 Å². The Morgan fingerprint density at radius 3 is 2.60 bits per heavy atom. The molecule has 1 aromatic carbocycles. The number of carboxylic acid groups (broad SMARTS) is 1. The molecule has 1 saturated carbocycles. The first kappa shape index (κ1) is 14.2. The highest BCUT2D eigenvalue weighted by Gasteiger charge is 2.33. The lowest BCUT2D eigenvalue weighted by Crippen LogP contribution is -2.36. The molecule has 0 radical (unpaired) electrons. The Morgan fingerprint density at radius 1 is 1.40 bits per heavy atom. The molecular formula is C15H16FNO3. The second kappa shape index (κ2) is 5.86. The van der Waals surface area contributed by atoms with Crippen LogP contribution in [-0.2, 0) is 9.59 Å². The van der Waals surface area contributed by atoms with Crippen molar-refractivity contribution >= 4 is 17.4 Å². The van der Waals surface area contributed by atoms with Gasteiger partial charge < -0.3 is 10.0 Å². The highest BCUT2D eigenvalue weighted by Crippen LogP contribution is 2.27. The smallest absolute Gasteiger partial charge is 0.323 e. The molecule has 106 valence electrons. The summed E-state index contributed by atoms with van der Waals surface area (Å²) in [5.74, 6) is -1.82. The number of allylic oxidation sites excluding steroid dienone is 1. The van der Waals surface area contributed by atoms with Gasteiger partial charge in [0.15, 0.2) is 0 Å². The molecule has 0 atom stereocenters. The maximum absolute atomic E-state index is 13.6. The van der Waals surface area contributed by atoms with Crippen LogP contribution in [0.2, 0.25) is 0 Å². The Labute approximate surface area is 116 Å². The van der Waals surface area contributed by atoms with Crippen molar-refractivity contribution in [2.45, 2.75) is 25.8 Å². The summed E-state index contributed by atoms with van der Waals surface area (Å²) in [6, 6.07) is 6.19. The van der Waals surface area contributed by atoms with Crippen LogP contribution in [0.3, 0.4) is 0 Å². The zero-order valence-electron chi connectivity index (χ0n) is 11.2. The lowest BCUT2D eigenvalue weighted by molar-refractivity contribution is -0.143. The summed E-state index contributed by atoms with van der Waals surface area (Å²) in [4.78, 5) is 24.2. The highest BCUT2D eigenvalue weighted by atomic mass is 19.1. The molecule has 1 aliphatic rings. The number of nitrogens with zero attached hydrogens (tertiary/aromatic N) is 1. The molecule has 1 N–H and O–H groups in total. The van der Waals surface area contributed by atoms with Crippen LogP contribution < -0.4 is 0 Å². The van der Waals surface area contributed by atoms with Crippen LogP contribution in [0.25, 0.3) is 5.57 Å². The van der Waals surface area contributed by atoms with E-state index in [2.05, 4.69) is 0 Å². The quantitative estimate of drug-likeness (QED) is 0.840. The number of amides is 1. The summed E-state index contributed by atoms with van der Waals surface area (Å²) >= 11 is 0. The van der Waals surface area contributed by atoms with Gasteiger partial charge in [-0.05, 0) is 31.4 Å². The zero-order valence-corrected chi connectivity index (χ0v) is 11.2. The summed E-state index contributed by atoms with van der Waals surface area (Å²) in [6.07, 6.45) is 2.96. The maximum Gasteiger partial charge on any atom is 0.323 e. The maximum atomic E-state index is 13.6. The molecule has 0 aromatic heterocycles. The van der Waals surface area contributed by atoms with Gasteiger partial charge in [0.05, 0.1) is 0 Å². The van der Waals surface area contributed by atoms with Crippen LogP contribution in [0, 0.1) is 5.82 Å². The molecule has 0 spiro atoms. The Morgan fingerprint density at radius 2 is 2.05 bits per heavy atom. The van der Waals surface area contributed by atoms with Crippen LogP contribution in [-0.4, -0.2) is 34.5 Å². The summed E-state index contributed by atoms with van der Waals surface area (Å²) in [5, 5.41) is 8.83. The largest absolute Gasteiger partial charge is 0.480 e. The van der Waals surface area contributed by atoms with E-state index < -0.39 is 11.8 Å². The summed E-state index contributed by atoms with van der Waals surface area (Å²) < 4.78 is 13.6. The lowest BCUT2D eigenvalue weighted by Gasteiger charge is -2.18. The standard InChI is InChI=1S/C15H16FNO3/c1-10(12-4-2-3-5-13(12)16)8-14(18)17(9-15(19)20)11-6-7-11/h2-5,8,11H,6-7,9H2,1H3,(H,19,20)/b10-8-. The molecule has 0 bridgehead atoms. The third kappa shape index (κ3) is 3.44. The predicted molar refractivity (Wildman–Crippen MR) is 72.4 cm³/mol. The fourth-order valence-corrected chi connectivity index (χ4v) is 2.05. The third-order valence-electron chi connectivity index (χ3n) is 3.22. The molecule has 1 aliphatic carbocycles. The number of carboxylic acids is 1. The van der Waals surface area contributed by atoms with E-state index in [1.54, 1.807) is 25.1 Å². The molecule has 1 fully saturated rings. The molecule has 4 nitrogen and oxygen atoms in total. The van der Waals surface area contributed by atoms with Gasteiger partial charge in [0.1, 0.15) is 12.4 Å². The SMILES string of the molecule is C/C(=C/C(=O)N(CC(=O)O)C1CC1)c1ccccc1F. The van der Waals surface area contributed by atoms with Gasteiger partial charge in [-0.15, -0.1) is 0 Å². The normalized spacial score (nSPS) is 15.0. The van der Waals surface area contributed by atoms with E-state index >= 15 is 0 Å². The molecule has 2 rings (SSSR count). The molecule has 5 heteroatoms. The fourth-order valence-electron chi connectivity index (χ4n) is 2.05. The Bertz CT molecular complexity index is 564. The van der Waals surface area contributed by atoms with E-state index in [0.717, 1.165) is 12.8 Å². The summed E-state index contributed by atoms with van der Waals surface area (Å²) in [7, 11) is 0. The molecule has 1 amide bonds. The van der Waals surface area contributed by atoms with Gasteiger partial charge in [0, 0.05) is 17.7 Å². The highest BCUT2D eigenvalue weighted by molar-refractivity contribution is 5.96. The first-order chi connectivity index (χ1) is 9.49. The third-order valence-corrected chi connectivity index (χ3v) is 3.22. The van der Waals surface area contributed by atoms with Gasteiger partial charge in [-0.3, -0.25) is 9.59 Å². The monoisotopic (exact) mass is 277 g/mol. The number of hydrogen-bond donors (Lipinski definition) is 1. The van der Waals surface area contributed by atoms with Crippen LogP contribution in [0.1, 0.15) is 25.3 Å². The first-order valence-corrected chi connectivity index (χ1v) is 6.44. The van der Waals surface area contributed by atoms with E-state index in [1.165, 1.54) is 17.0 Å². The number of carbonyl (C=O) groups is 2. The minimum absolute atomic E-state index is 0.00303. The van der Waals surface area contributed by atoms with Crippen LogP contribution in [0.4, 0.5) is 4.39 Å². The topological polar surface area (TPSA) is 57.6 Å². The number of rotatable bonds is 5. The van der Waals surface area contributed by atoms with Gasteiger partial charge in [-0.1, -0.05) is 18.2 Å². The van der Waals surface area contributed by atoms with Crippen LogP contribution >= 0.6 is 0 Å². The minimum atomic E-state index is -1.04. The molecular weight excluding hydrogens is 261 g/mol. The fraction of sp³-hybridized carbons (Fsp3) is 0.333. The van der Waals surface area contributed by atoms with Crippen molar-refractivity contribution < 1.29 is 19.1 Å². The van der Waals surface area contributed by atoms with Gasteiger partial charge in [0.2, 0.25) is 5.91 Å². The number of benzene rings is 1. The molecule has 0 unspecified atom stereocenters. The molecule has 1 aromatic rings. The minimum Gasteiger partial charge on any atom is -0.480 e. The second-order valence-corrected chi connectivity index (χ2v) is 4.90. The average Bonchev–Trinajstić information content (AvgIpc) is 3.20. The number of carbonyl (C=O) groups excluding carboxylic acids is 1. The van der Waals surface area contributed by atoms with Gasteiger partial charge >= 0.3 is 5.97 Å². The Hall–Kier alpha value is -2.17. The van der Waals surface area contributed by atoms with E-state index in [9.17, 15) is 14.0 Å². The molecule has 0 saturated heterocycles. The van der Waals surface area contributed by atoms with Crippen molar-refractivity contribution in [3.63, 3.8) is 0 Å². The summed E-state index contributed by atoms with van der Waals surface area (Å²) in [6.45, 7) is 1.33. The van der Waals surface area contributed by atoms with Crippen molar-refractivity contribution in [3.05, 3.63) is 41.7 Å². The van der Waals surface area contributed by atoms with Gasteiger partial charge in [0.25, 0.3) is 0 Å². The summed E-state index contributed by atoms with van der Waals surface area (Å²) in [5.41, 5.74) is 0.844. The van der Waals surface area contributed by atoms with Gasteiger partial charge in [-0.2, -0.15) is 0 Å². The Balaban J connectivity index is 2.17. The number of halogens is 1. The predicted octanol–water partition coefficient (Wildman–Crippen LogP) is 2.30. The molecule has 20 heavy (non-hydrogen) atoms. The zero-order chi connectivity index (χ0) is 14.7. The molecule has 0 aliphatic heterocycles.